The van der Waals surface area contributed by atoms with E-state index in [0.29, 0.717) is 0 Å². The summed E-state index contributed by atoms with van der Waals surface area (Å²) in [5.74, 6) is -2.68. The first-order valence-corrected chi connectivity index (χ1v) is 6.49. The molecule has 0 radical (unpaired) electrons. The molecule has 2 N–H and O–H groups in total. The number of carbonyl (C=O) groups is 1. The van der Waals surface area contributed by atoms with E-state index in [2.05, 4.69) is 0 Å². The highest BCUT2D eigenvalue weighted by molar-refractivity contribution is 5.95. The number of hydrogen-bond donors (Lipinski definition) is 1. The number of nitrogen functional groups attached to an aromatic ring is 1. The van der Waals surface area contributed by atoms with Gasteiger partial charge >= 0.3 is 0 Å². The van der Waals surface area contributed by atoms with E-state index in [9.17, 15) is 13.6 Å². The molecule has 5 heteroatoms. The molecule has 2 aromatic rings. The highest BCUT2D eigenvalue weighted by atomic mass is 19.1. The van der Waals surface area contributed by atoms with Gasteiger partial charge in [0.15, 0.2) is 5.82 Å². The van der Waals surface area contributed by atoms with E-state index >= 15 is 0 Å². The van der Waals surface area contributed by atoms with Crippen molar-refractivity contribution in [2.45, 2.75) is 13.0 Å². The number of benzene rings is 2. The number of nitrogens with two attached hydrogens (primary N) is 1. The van der Waals surface area contributed by atoms with Crippen molar-refractivity contribution < 1.29 is 13.6 Å². The second kappa shape index (κ2) is 5.91. The van der Waals surface area contributed by atoms with E-state index in [1.54, 1.807) is 6.92 Å². The molecule has 21 heavy (non-hydrogen) atoms. The van der Waals surface area contributed by atoms with E-state index in [1.165, 1.54) is 11.9 Å². The Kier molecular flexibility index (Phi) is 4.21. The van der Waals surface area contributed by atoms with Gasteiger partial charge in [-0.05, 0) is 24.6 Å². The van der Waals surface area contributed by atoms with E-state index in [1.807, 2.05) is 30.3 Å². The van der Waals surface area contributed by atoms with Crippen LogP contribution in [0.15, 0.2) is 42.5 Å². The zero-order valence-corrected chi connectivity index (χ0v) is 11.8. The Morgan fingerprint density at radius 1 is 1.14 bits per heavy atom. The van der Waals surface area contributed by atoms with Crippen molar-refractivity contribution in [1.82, 2.24) is 4.90 Å². The minimum absolute atomic E-state index is 0.250. The standard InChI is InChI=1S/C16H16F2N2O/c1-10(11-6-4-3-5-7-11)20(2)16(21)14-12(17)8-9-13(19)15(14)18/h3-10H,19H2,1-2H3. The second-order valence-electron chi connectivity index (χ2n) is 4.83. The van der Waals surface area contributed by atoms with Crippen molar-refractivity contribution in [3.05, 3.63) is 65.2 Å². The molecule has 3 nitrogen and oxygen atoms in total. The van der Waals surface area contributed by atoms with E-state index in [-0.39, 0.29) is 11.7 Å². The van der Waals surface area contributed by atoms with Gasteiger partial charge in [-0.1, -0.05) is 30.3 Å². The molecular weight excluding hydrogens is 274 g/mol. The lowest BCUT2D eigenvalue weighted by Gasteiger charge is -2.26. The third kappa shape index (κ3) is 2.86. The summed E-state index contributed by atoms with van der Waals surface area (Å²) in [4.78, 5) is 13.6. The number of carbonyl (C=O) groups excluding carboxylic acids is 1. The van der Waals surface area contributed by atoms with Crippen LogP contribution in [0.25, 0.3) is 0 Å². The zero-order chi connectivity index (χ0) is 15.6. The Labute approximate surface area is 122 Å². The van der Waals surface area contributed by atoms with Gasteiger partial charge in [-0.3, -0.25) is 4.79 Å². The lowest BCUT2D eigenvalue weighted by molar-refractivity contribution is 0.0733. The molecule has 0 bridgehead atoms. The molecular formula is C16H16F2N2O. The second-order valence-corrected chi connectivity index (χ2v) is 4.83. The molecule has 1 unspecified atom stereocenters. The van der Waals surface area contributed by atoms with Gasteiger partial charge in [0.2, 0.25) is 0 Å². The number of halogens is 2. The van der Waals surface area contributed by atoms with Crippen LogP contribution in [0.2, 0.25) is 0 Å². The number of anilines is 1. The third-order valence-electron chi connectivity index (χ3n) is 3.52. The van der Waals surface area contributed by atoms with Crippen LogP contribution in [0.1, 0.15) is 28.9 Å². The molecule has 0 aliphatic rings. The summed E-state index contributed by atoms with van der Waals surface area (Å²) in [5.41, 5.74) is 5.40. The van der Waals surface area contributed by atoms with Crippen LogP contribution in [-0.4, -0.2) is 17.9 Å². The summed E-state index contributed by atoms with van der Waals surface area (Å²) >= 11 is 0. The number of hydrogen-bond acceptors (Lipinski definition) is 2. The minimum Gasteiger partial charge on any atom is -0.396 e. The normalized spacial score (nSPS) is 12.0. The zero-order valence-electron chi connectivity index (χ0n) is 11.8. The first-order valence-electron chi connectivity index (χ1n) is 6.49. The maximum absolute atomic E-state index is 13.9. The summed E-state index contributed by atoms with van der Waals surface area (Å²) in [6, 6.07) is 11.0. The molecule has 0 heterocycles. The first-order chi connectivity index (χ1) is 9.93. The van der Waals surface area contributed by atoms with Crippen molar-refractivity contribution in [3.8, 4) is 0 Å². The lowest BCUT2D eigenvalue weighted by atomic mass is 10.1. The maximum Gasteiger partial charge on any atom is 0.260 e. The maximum atomic E-state index is 13.9. The summed E-state index contributed by atoms with van der Waals surface area (Å²) in [6.07, 6.45) is 0. The van der Waals surface area contributed by atoms with Crippen LogP contribution in [0.5, 0.6) is 0 Å². The summed E-state index contributed by atoms with van der Waals surface area (Å²) in [6.45, 7) is 1.79. The molecule has 0 aromatic heterocycles. The van der Waals surface area contributed by atoms with Gasteiger partial charge in [-0.2, -0.15) is 0 Å². The van der Waals surface area contributed by atoms with E-state index < -0.39 is 23.1 Å². The molecule has 2 rings (SSSR count). The summed E-state index contributed by atoms with van der Waals surface area (Å²) < 4.78 is 27.7. The molecule has 110 valence electrons. The Balaban J connectivity index is 2.34. The SMILES string of the molecule is CC(c1ccccc1)N(C)C(=O)c1c(F)ccc(N)c1F. The number of nitrogens with zero attached hydrogens (tertiary/aromatic N) is 1. The molecule has 0 saturated carbocycles. The van der Waals surface area contributed by atoms with Gasteiger partial charge in [0, 0.05) is 7.05 Å². The van der Waals surface area contributed by atoms with Crippen molar-refractivity contribution in [3.63, 3.8) is 0 Å². The van der Waals surface area contributed by atoms with E-state index in [0.717, 1.165) is 17.7 Å². The quantitative estimate of drug-likeness (QED) is 0.881. The smallest absolute Gasteiger partial charge is 0.260 e. The first kappa shape index (κ1) is 15.0. The predicted octanol–water partition coefficient (Wildman–Crippen LogP) is 3.38. The van der Waals surface area contributed by atoms with Crippen LogP contribution < -0.4 is 5.73 Å². The van der Waals surface area contributed by atoms with Crippen molar-refractivity contribution in [2.24, 2.45) is 0 Å². The molecule has 2 aromatic carbocycles. The molecule has 0 aliphatic carbocycles. The van der Waals surface area contributed by atoms with E-state index in [4.69, 9.17) is 5.73 Å². The molecule has 0 spiro atoms. The monoisotopic (exact) mass is 290 g/mol. The van der Waals surface area contributed by atoms with Crippen LogP contribution in [-0.2, 0) is 0 Å². The highest BCUT2D eigenvalue weighted by Crippen LogP contribution is 2.24. The lowest BCUT2D eigenvalue weighted by Crippen LogP contribution is -2.31. The van der Waals surface area contributed by atoms with Gasteiger partial charge in [-0.15, -0.1) is 0 Å². The number of amides is 1. The van der Waals surface area contributed by atoms with Crippen LogP contribution in [0.4, 0.5) is 14.5 Å². The van der Waals surface area contributed by atoms with Crippen molar-refractivity contribution in [1.29, 1.82) is 0 Å². The van der Waals surface area contributed by atoms with Crippen molar-refractivity contribution in [2.75, 3.05) is 12.8 Å². The minimum atomic E-state index is -1.02. The van der Waals surface area contributed by atoms with Gasteiger partial charge in [0.05, 0.1) is 11.7 Å². The highest BCUT2D eigenvalue weighted by Gasteiger charge is 2.25. The van der Waals surface area contributed by atoms with Crippen molar-refractivity contribution >= 4 is 11.6 Å². The molecule has 0 fully saturated rings. The Bertz CT molecular complexity index is 659. The van der Waals surface area contributed by atoms with Gasteiger partial charge in [0.1, 0.15) is 11.4 Å². The topological polar surface area (TPSA) is 46.3 Å². The fourth-order valence-corrected chi connectivity index (χ4v) is 2.07. The van der Waals surface area contributed by atoms with Gasteiger partial charge in [0.25, 0.3) is 5.91 Å². The Morgan fingerprint density at radius 2 is 1.76 bits per heavy atom. The molecule has 0 saturated heterocycles. The van der Waals surface area contributed by atoms with Crippen LogP contribution in [0, 0.1) is 11.6 Å². The molecule has 0 aliphatic heterocycles. The average molecular weight is 290 g/mol. The van der Waals surface area contributed by atoms with Gasteiger partial charge in [-0.25, -0.2) is 8.78 Å². The fraction of sp³-hybridized carbons (Fsp3) is 0.188. The Hall–Kier alpha value is -2.43. The number of rotatable bonds is 3. The third-order valence-corrected chi connectivity index (χ3v) is 3.52. The summed E-state index contributed by atoms with van der Waals surface area (Å²) in [5, 5.41) is 0. The molecule has 1 amide bonds. The average Bonchev–Trinajstić information content (AvgIpc) is 2.50. The molecule has 1 atom stereocenters. The fourth-order valence-electron chi connectivity index (χ4n) is 2.07. The predicted molar refractivity (Wildman–Crippen MR) is 77.7 cm³/mol. The summed E-state index contributed by atoms with van der Waals surface area (Å²) in [7, 11) is 1.50. The van der Waals surface area contributed by atoms with Gasteiger partial charge < -0.3 is 10.6 Å². The Morgan fingerprint density at radius 3 is 2.38 bits per heavy atom. The van der Waals surface area contributed by atoms with Crippen LogP contribution >= 0.6 is 0 Å². The van der Waals surface area contributed by atoms with Crippen LogP contribution in [0.3, 0.4) is 0 Å². The largest absolute Gasteiger partial charge is 0.396 e.